The SMILES string of the molecule is CS[C@H](CO)[C@@H](O)[C@@H](O)n1cnc2c(=O)[nH]c(NC(=O)C(C)C)nc21. The Balaban J connectivity index is 2.43. The summed E-state index contributed by atoms with van der Waals surface area (Å²) >= 11 is 1.19. The molecule has 0 aliphatic heterocycles. The van der Waals surface area contributed by atoms with E-state index in [1.165, 1.54) is 18.1 Å². The molecule has 5 N–H and O–H groups in total. The van der Waals surface area contributed by atoms with Crippen molar-refractivity contribution in [2.24, 2.45) is 5.92 Å². The Labute approximate surface area is 147 Å². The molecule has 0 aliphatic rings. The highest BCUT2D eigenvalue weighted by Gasteiger charge is 2.28. The van der Waals surface area contributed by atoms with E-state index in [1.807, 2.05) is 0 Å². The summed E-state index contributed by atoms with van der Waals surface area (Å²) in [5.74, 6) is -0.731. The first-order chi connectivity index (χ1) is 11.8. The van der Waals surface area contributed by atoms with Gasteiger partial charge in [-0.2, -0.15) is 16.7 Å². The zero-order valence-corrected chi connectivity index (χ0v) is 14.8. The number of aliphatic hydroxyl groups excluding tert-OH is 3. The number of aromatic amines is 1. The fourth-order valence-corrected chi connectivity index (χ4v) is 2.69. The van der Waals surface area contributed by atoms with Gasteiger partial charge in [0, 0.05) is 5.92 Å². The standard InChI is InChI=1S/C14H21N5O5S/c1-6(2)11(22)17-14-16-10-8(12(23)18-14)15-5-19(10)13(24)9(21)7(4-20)25-3/h5-7,9,13,20-21,24H,4H2,1-3H3,(H2,16,17,18,22,23)/t7-,9-,13-/m1/s1. The number of rotatable bonds is 7. The molecule has 3 atom stereocenters. The quantitative estimate of drug-likeness (QED) is 0.428. The van der Waals surface area contributed by atoms with Gasteiger partial charge in [-0.3, -0.25) is 24.5 Å². The molecule has 138 valence electrons. The van der Waals surface area contributed by atoms with E-state index in [2.05, 4.69) is 20.3 Å². The number of amides is 1. The van der Waals surface area contributed by atoms with Crippen LogP contribution in [0.1, 0.15) is 20.1 Å². The maximum atomic E-state index is 12.1. The first-order valence-corrected chi connectivity index (χ1v) is 8.86. The number of hydrogen-bond donors (Lipinski definition) is 5. The van der Waals surface area contributed by atoms with E-state index in [0.29, 0.717) is 0 Å². The molecular formula is C14H21N5O5S. The van der Waals surface area contributed by atoms with Crippen molar-refractivity contribution >= 4 is 34.8 Å². The van der Waals surface area contributed by atoms with E-state index in [9.17, 15) is 24.9 Å². The molecule has 0 aliphatic carbocycles. The molecule has 2 aromatic heterocycles. The summed E-state index contributed by atoms with van der Waals surface area (Å²) in [6, 6.07) is 0. The second kappa shape index (κ2) is 7.95. The number of carbonyl (C=O) groups is 1. The lowest BCUT2D eigenvalue weighted by Gasteiger charge is -2.24. The second-order valence-electron chi connectivity index (χ2n) is 5.74. The van der Waals surface area contributed by atoms with Gasteiger partial charge in [-0.25, -0.2) is 4.98 Å². The second-order valence-corrected chi connectivity index (χ2v) is 6.82. The Kier molecular flexibility index (Phi) is 6.16. The summed E-state index contributed by atoms with van der Waals surface area (Å²) in [4.78, 5) is 34.3. The van der Waals surface area contributed by atoms with E-state index in [-0.39, 0.29) is 35.5 Å². The van der Waals surface area contributed by atoms with Crippen molar-refractivity contribution < 1.29 is 20.1 Å². The number of imidazole rings is 1. The Morgan fingerprint density at radius 3 is 2.68 bits per heavy atom. The zero-order valence-electron chi connectivity index (χ0n) is 14.0. The van der Waals surface area contributed by atoms with Crippen LogP contribution >= 0.6 is 11.8 Å². The molecule has 0 aromatic carbocycles. The Morgan fingerprint density at radius 1 is 1.44 bits per heavy atom. The van der Waals surface area contributed by atoms with Gasteiger partial charge in [0.2, 0.25) is 11.9 Å². The van der Waals surface area contributed by atoms with Gasteiger partial charge in [-0.15, -0.1) is 0 Å². The molecule has 0 radical (unpaired) electrons. The van der Waals surface area contributed by atoms with Crippen molar-refractivity contribution in [3.8, 4) is 0 Å². The van der Waals surface area contributed by atoms with Gasteiger partial charge in [-0.1, -0.05) is 13.8 Å². The Morgan fingerprint density at radius 2 is 2.12 bits per heavy atom. The maximum absolute atomic E-state index is 12.1. The van der Waals surface area contributed by atoms with Gasteiger partial charge in [-0.05, 0) is 6.26 Å². The van der Waals surface area contributed by atoms with Gasteiger partial charge >= 0.3 is 0 Å². The lowest BCUT2D eigenvalue weighted by molar-refractivity contribution is -0.118. The number of aromatic nitrogens is 4. The van der Waals surface area contributed by atoms with Gasteiger partial charge in [0.25, 0.3) is 5.56 Å². The summed E-state index contributed by atoms with van der Waals surface area (Å²) < 4.78 is 1.12. The van der Waals surface area contributed by atoms with Crippen LogP contribution in [0.2, 0.25) is 0 Å². The molecule has 0 saturated carbocycles. The molecule has 2 rings (SSSR count). The summed E-state index contributed by atoms with van der Waals surface area (Å²) in [5.41, 5.74) is -0.626. The fourth-order valence-electron chi connectivity index (χ4n) is 2.12. The molecule has 0 unspecified atom stereocenters. The average Bonchev–Trinajstić information content (AvgIpc) is 2.99. The number of aliphatic hydroxyl groups is 3. The van der Waals surface area contributed by atoms with Gasteiger partial charge in [0.05, 0.1) is 18.2 Å². The predicted octanol–water partition coefficient (Wildman–Crippen LogP) is -0.710. The van der Waals surface area contributed by atoms with Crippen LogP contribution < -0.4 is 10.9 Å². The number of anilines is 1. The molecule has 0 fully saturated rings. The maximum Gasteiger partial charge on any atom is 0.280 e. The van der Waals surface area contributed by atoms with Crippen LogP contribution in [0.15, 0.2) is 11.1 Å². The summed E-state index contributed by atoms with van der Waals surface area (Å²) in [5, 5.41) is 31.7. The van der Waals surface area contributed by atoms with Crippen molar-refractivity contribution in [1.29, 1.82) is 0 Å². The largest absolute Gasteiger partial charge is 0.395 e. The Bertz CT molecular complexity index is 800. The summed E-state index contributed by atoms with van der Waals surface area (Å²) in [6.07, 6.45) is 0.0688. The van der Waals surface area contributed by atoms with E-state index in [1.54, 1.807) is 20.1 Å². The summed E-state index contributed by atoms with van der Waals surface area (Å²) in [7, 11) is 0. The van der Waals surface area contributed by atoms with Crippen LogP contribution in [0.4, 0.5) is 5.95 Å². The minimum Gasteiger partial charge on any atom is -0.395 e. The first-order valence-electron chi connectivity index (χ1n) is 7.57. The summed E-state index contributed by atoms with van der Waals surface area (Å²) in [6.45, 7) is 3.04. The van der Waals surface area contributed by atoms with Crippen LogP contribution in [-0.2, 0) is 4.79 Å². The van der Waals surface area contributed by atoms with Crippen molar-refractivity contribution in [2.75, 3.05) is 18.2 Å². The van der Waals surface area contributed by atoms with E-state index < -0.39 is 23.1 Å². The molecule has 2 aromatic rings. The number of nitrogens with zero attached hydrogens (tertiary/aromatic N) is 3. The average molecular weight is 371 g/mol. The molecule has 1 amide bonds. The minimum absolute atomic E-state index is 0.00662. The van der Waals surface area contributed by atoms with Crippen LogP contribution in [0.3, 0.4) is 0 Å². The molecule has 0 bridgehead atoms. The topological polar surface area (TPSA) is 153 Å². The lowest BCUT2D eigenvalue weighted by Crippen LogP contribution is -2.35. The van der Waals surface area contributed by atoms with Gasteiger partial charge in [0.15, 0.2) is 17.4 Å². The number of H-pyrrole nitrogens is 1. The molecule has 25 heavy (non-hydrogen) atoms. The van der Waals surface area contributed by atoms with Gasteiger partial charge < -0.3 is 15.3 Å². The molecule has 11 heteroatoms. The van der Waals surface area contributed by atoms with Crippen LogP contribution in [-0.4, -0.2) is 65.0 Å². The Hall–Kier alpha value is -1.95. The fraction of sp³-hybridized carbons (Fsp3) is 0.571. The van der Waals surface area contributed by atoms with Crippen LogP contribution in [0.5, 0.6) is 0 Å². The monoisotopic (exact) mass is 371 g/mol. The van der Waals surface area contributed by atoms with Crippen LogP contribution in [0.25, 0.3) is 11.2 Å². The van der Waals surface area contributed by atoms with E-state index in [4.69, 9.17) is 0 Å². The first kappa shape index (κ1) is 19.4. The van der Waals surface area contributed by atoms with Crippen molar-refractivity contribution in [3.63, 3.8) is 0 Å². The zero-order chi connectivity index (χ0) is 18.7. The third-order valence-corrected chi connectivity index (χ3v) is 4.69. The highest BCUT2D eigenvalue weighted by atomic mass is 32.2. The van der Waals surface area contributed by atoms with Crippen LogP contribution in [0, 0.1) is 5.92 Å². The minimum atomic E-state index is -1.47. The predicted molar refractivity (Wildman–Crippen MR) is 93.3 cm³/mol. The van der Waals surface area contributed by atoms with Gasteiger partial charge in [0.1, 0.15) is 6.10 Å². The molecule has 10 nitrogen and oxygen atoms in total. The number of fused-ring (bicyclic) bond motifs is 1. The number of carbonyl (C=O) groups excluding carboxylic acids is 1. The number of nitrogens with one attached hydrogen (secondary N) is 2. The molecule has 0 saturated heterocycles. The molecule has 2 heterocycles. The smallest absolute Gasteiger partial charge is 0.280 e. The normalized spacial score (nSPS) is 15.3. The molecular weight excluding hydrogens is 350 g/mol. The lowest BCUT2D eigenvalue weighted by atomic mass is 10.2. The number of hydrogen-bond acceptors (Lipinski definition) is 8. The van der Waals surface area contributed by atoms with E-state index in [0.717, 1.165) is 4.57 Å². The van der Waals surface area contributed by atoms with E-state index >= 15 is 0 Å². The highest BCUT2D eigenvalue weighted by Crippen LogP contribution is 2.22. The van der Waals surface area contributed by atoms with Crippen molar-refractivity contribution in [3.05, 3.63) is 16.7 Å². The van der Waals surface area contributed by atoms with Crippen molar-refractivity contribution in [2.45, 2.75) is 31.4 Å². The number of thioether (sulfide) groups is 1. The third-order valence-electron chi connectivity index (χ3n) is 3.65. The highest BCUT2D eigenvalue weighted by molar-refractivity contribution is 7.99. The molecule has 0 spiro atoms. The van der Waals surface area contributed by atoms with Crippen molar-refractivity contribution in [1.82, 2.24) is 19.5 Å². The third kappa shape index (κ3) is 4.00.